The molecule has 0 fully saturated rings. The summed E-state index contributed by atoms with van der Waals surface area (Å²) in [5, 5.41) is 0. The fourth-order valence-electron chi connectivity index (χ4n) is 2.40. The van der Waals surface area contributed by atoms with Crippen molar-refractivity contribution in [1.82, 2.24) is 10.4 Å². The predicted octanol–water partition coefficient (Wildman–Crippen LogP) is 2.84. The molecule has 0 aliphatic rings. The van der Waals surface area contributed by atoms with E-state index in [1.54, 1.807) is 6.20 Å². The van der Waals surface area contributed by atoms with Gasteiger partial charge in [-0.1, -0.05) is 29.8 Å². The topological polar surface area (TPSA) is 50.9 Å². The van der Waals surface area contributed by atoms with Crippen LogP contribution < -0.4 is 11.3 Å². The molecular formula is C16H21N3. The van der Waals surface area contributed by atoms with Gasteiger partial charge in [0.25, 0.3) is 0 Å². The molecule has 0 saturated carbocycles. The van der Waals surface area contributed by atoms with Crippen LogP contribution in [0.15, 0.2) is 42.7 Å². The highest BCUT2D eigenvalue weighted by Gasteiger charge is 2.12. The van der Waals surface area contributed by atoms with Crippen LogP contribution in [0.2, 0.25) is 0 Å². The van der Waals surface area contributed by atoms with Crippen LogP contribution in [-0.2, 0) is 6.42 Å². The van der Waals surface area contributed by atoms with E-state index in [-0.39, 0.29) is 6.04 Å². The number of hydrazine groups is 1. The van der Waals surface area contributed by atoms with Gasteiger partial charge in [-0.15, -0.1) is 0 Å². The molecule has 3 nitrogen and oxygen atoms in total. The Labute approximate surface area is 114 Å². The number of rotatable bonds is 5. The van der Waals surface area contributed by atoms with E-state index in [4.69, 9.17) is 5.84 Å². The van der Waals surface area contributed by atoms with Crippen LogP contribution in [0, 0.1) is 13.8 Å². The summed E-state index contributed by atoms with van der Waals surface area (Å²) in [6.45, 7) is 4.24. The lowest BCUT2D eigenvalue weighted by Gasteiger charge is -2.19. The number of aryl methyl sites for hydroxylation is 3. The number of benzene rings is 1. The van der Waals surface area contributed by atoms with Gasteiger partial charge in [-0.3, -0.25) is 16.3 Å². The van der Waals surface area contributed by atoms with Crippen LogP contribution in [0.25, 0.3) is 0 Å². The summed E-state index contributed by atoms with van der Waals surface area (Å²) in [7, 11) is 0. The summed E-state index contributed by atoms with van der Waals surface area (Å²) >= 11 is 0. The molecule has 0 aliphatic carbocycles. The molecule has 19 heavy (non-hydrogen) atoms. The van der Waals surface area contributed by atoms with Gasteiger partial charge in [-0.25, -0.2) is 0 Å². The van der Waals surface area contributed by atoms with Crippen molar-refractivity contribution < 1.29 is 0 Å². The average molecular weight is 255 g/mol. The molecule has 0 saturated heterocycles. The Kier molecular flexibility index (Phi) is 4.66. The Bertz CT molecular complexity index is 523. The van der Waals surface area contributed by atoms with Gasteiger partial charge >= 0.3 is 0 Å². The fourth-order valence-corrected chi connectivity index (χ4v) is 2.40. The first-order valence-corrected chi connectivity index (χ1v) is 6.63. The zero-order valence-electron chi connectivity index (χ0n) is 11.6. The van der Waals surface area contributed by atoms with Crippen LogP contribution in [0.3, 0.4) is 0 Å². The zero-order chi connectivity index (χ0) is 13.7. The summed E-state index contributed by atoms with van der Waals surface area (Å²) in [5.74, 6) is 5.71. The van der Waals surface area contributed by atoms with E-state index in [1.165, 1.54) is 22.3 Å². The van der Waals surface area contributed by atoms with E-state index >= 15 is 0 Å². The third-order valence-electron chi connectivity index (χ3n) is 3.45. The van der Waals surface area contributed by atoms with Gasteiger partial charge in [0.15, 0.2) is 0 Å². The minimum atomic E-state index is 0.181. The number of hydrogen-bond acceptors (Lipinski definition) is 3. The summed E-state index contributed by atoms with van der Waals surface area (Å²) in [4.78, 5) is 4.14. The first-order chi connectivity index (χ1) is 9.20. The molecule has 1 unspecified atom stereocenters. The molecule has 1 atom stereocenters. The second-order valence-electron chi connectivity index (χ2n) is 4.98. The molecule has 3 heteroatoms. The Morgan fingerprint density at radius 1 is 1.26 bits per heavy atom. The van der Waals surface area contributed by atoms with Gasteiger partial charge in [0.1, 0.15) is 0 Å². The minimum absolute atomic E-state index is 0.181. The SMILES string of the molecule is Cc1ccc(C(CCc2cccnc2)NN)c(C)c1. The second kappa shape index (κ2) is 6.45. The third kappa shape index (κ3) is 3.63. The summed E-state index contributed by atoms with van der Waals surface area (Å²) in [6.07, 6.45) is 5.64. The Hall–Kier alpha value is -1.71. The van der Waals surface area contributed by atoms with Gasteiger partial charge in [0.05, 0.1) is 0 Å². The smallest absolute Gasteiger partial charge is 0.0465 e. The number of nitrogens with two attached hydrogens (primary N) is 1. The molecule has 1 aromatic heterocycles. The van der Waals surface area contributed by atoms with E-state index in [0.717, 1.165) is 12.8 Å². The first kappa shape index (κ1) is 13.7. The molecule has 0 aliphatic heterocycles. The molecule has 3 N–H and O–H groups in total. The van der Waals surface area contributed by atoms with E-state index in [9.17, 15) is 0 Å². The van der Waals surface area contributed by atoms with Crippen molar-refractivity contribution >= 4 is 0 Å². The average Bonchev–Trinajstić information content (AvgIpc) is 2.42. The van der Waals surface area contributed by atoms with E-state index in [1.807, 2.05) is 12.3 Å². The zero-order valence-corrected chi connectivity index (χ0v) is 11.6. The lowest BCUT2D eigenvalue weighted by molar-refractivity contribution is 0.514. The Morgan fingerprint density at radius 2 is 2.11 bits per heavy atom. The van der Waals surface area contributed by atoms with Gasteiger partial charge in [-0.05, 0) is 49.4 Å². The number of pyridine rings is 1. The van der Waals surface area contributed by atoms with Crippen molar-refractivity contribution in [3.63, 3.8) is 0 Å². The largest absolute Gasteiger partial charge is 0.271 e. The maximum atomic E-state index is 5.71. The molecule has 0 spiro atoms. The lowest BCUT2D eigenvalue weighted by Crippen LogP contribution is -2.29. The predicted molar refractivity (Wildman–Crippen MR) is 78.5 cm³/mol. The van der Waals surface area contributed by atoms with Crippen molar-refractivity contribution in [1.29, 1.82) is 0 Å². The molecular weight excluding hydrogens is 234 g/mol. The van der Waals surface area contributed by atoms with Crippen LogP contribution in [0.1, 0.15) is 34.7 Å². The lowest BCUT2D eigenvalue weighted by atomic mass is 9.95. The number of nitrogens with zero attached hydrogens (tertiary/aromatic N) is 1. The highest BCUT2D eigenvalue weighted by Crippen LogP contribution is 2.22. The quantitative estimate of drug-likeness (QED) is 0.638. The summed E-state index contributed by atoms with van der Waals surface area (Å²) < 4.78 is 0. The van der Waals surface area contributed by atoms with Gasteiger partial charge in [0.2, 0.25) is 0 Å². The van der Waals surface area contributed by atoms with Gasteiger partial charge in [0, 0.05) is 18.4 Å². The van der Waals surface area contributed by atoms with Crippen LogP contribution in [0.5, 0.6) is 0 Å². The van der Waals surface area contributed by atoms with Crippen LogP contribution in [0.4, 0.5) is 0 Å². The first-order valence-electron chi connectivity index (χ1n) is 6.63. The number of hydrogen-bond donors (Lipinski definition) is 2. The van der Waals surface area contributed by atoms with Crippen molar-refractivity contribution in [3.8, 4) is 0 Å². The second-order valence-corrected chi connectivity index (χ2v) is 4.98. The minimum Gasteiger partial charge on any atom is -0.271 e. The standard InChI is InChI=1S/C16H21N3/c1-12-5-7-15(13(2)10-12)16(19-17)8-6-14-4-3-9-18-11-14/h3-5,7,9-11,16,19H,6,8,17H2,1-2H3. The monoisotopic (exact) mass is 255 g/mol. The fraction of sp³-hybridized carbons (Fsp3) is 0.312. The van der Waals surface area contributed by atoms with E-state index < -0.39 is 0 Å². The third-order valence-corrected chi connectivity index (χ3v) is 3.45. The van der Waals surface area contributed by atoms with Gasteiger partial charge in [-0.2, -0.15) is 0 Å². The Balaban J connectivity index is 2.08. The maximum absolute atomic E-state index is 5.71. The molecule has 100 valence electrons. The van der Waals surface area contributed by atoms with Crippen LogP contribution >= 0.6 is 0 Å². The van der Waals surface area contributed by atoms with E-state index in [0.29, 0.717) is 0 Å². The summed E-state index contributed by atoms with van der Waals surface area (Å²) in [6, 6.07) is 10.7. The van der Waals surface area contributed by atoms with Crippen LogP contribution in [-0.4, -0.2) is 4.98 Å². The Morgan fingerprint density at radius 3 is 2.74 bits per heavy atom. The van der Waals surface area contributed by atoms with Crippen molar-refractivity contribution in [2.45, 2.75) is 32.7 Å². The molecule has 2 rings (SSSR count). The van der Waals surface area contributed by atoms with Crippen molar-refractivity contribution in [3.05, 3.63) is 65.0 Å². The molecule has 1 aromatic carbocycles. The number of aromatic nitrogens is 1. The van der Waals surface area contributed by atoms with Crippen molar-refractivity contribution in [2.24, 2.45) is 5.84 Å². The van der Waals surface area contributed by atoms with Crippen molar-refractivity contribution in [2.75, 3.05) is 0 Å². The van der Waals surface area contributed by atoms with Gasteiger partial charge < -0.3 is 0 Å². The molecule has 0 radical (unpaired) electrons. The summed E-state index contributed by atoms with van der Waals surface area (Å²) in [5.41, 5.74) is 8.01. The highest BCUT2D eigenvalue weighted by atomic mass is 15.2. The highest BCUT2D eigenvalue weighted by molar-refractivity contribution is 5.32. The molecule has 2 aromatic rings. The van der Waals surface area contributed by atoms with E-state index in [2.05, 4.69) is 48.5 Å². The molecule has 0 amide bonds. The molecule has 1 heterocycles. The maximum Gasteiger partial charge on any atom is 0.0465 e. The molecule has 0 bridgehead atoms. The normalized spacial score (nSPS) is 12.4. The number of nitrogens with one attached hydrogen (secondary N) is 1.